The molecule has 0 aliphatic rings. The third-order valence-corrected chi connectivity index (χ3v) is 5.01. The van der Waals surface area contributed by atoms with Gasteiger partial charge in [-0.15, -0.1) is 0 Å². The minimum atomic E-state index is -0.572. The molecule has 2 amide bonds. The average molecular weight is 529 g/mol. The fourth-order valence-electron chi connectivity index (χ4n) is 2.70. The second-order valence-corrected chi connectivity index (χ2v) is 7.96. The van der Waals surface area contributed by atoms with Gasteiger partial charge in [0.2, 0.25) is 0 Å². The number of carbonyl (C=O) groups excluding carboxylic acids is 2. The number of carbonyl (C=O) groups is 2. The quantitative estimate of drug-likeness (QED) is 0.299. The molecule has 3 aromatic rings. The lowest BCUT2D eigenvalue weighted by Crippen LogP contribution is -2.20. The molecule has 0 saturated heterocycles. The molecule has 0 heterocycles. The molecule has 0 aliphatic heterocycles. The van der Waals surface area contributed by atoms with Crippen molar-refractivity contribution in [3.63, 3.8) is 0 Å². The molecule has 0 spiro atoms. The van der Waals surface area contributed by atoms with E-state index >= 15 is 0 Å². The molecule has 0 fully saturated rings. The van der Waals surface area contributed by atoms with Crippen molar-refractivity contribution in [1.82, 2.24) is 0 Å². The van der Waals surface area contributed by atoms with E-state index in [0.717, 1.165) is 4.47 Å². The zero-order valence-electron chi connectivity index (χ0n) is 16.9. The van der Waals surface area contributed by atoms with Crippen LogP contribution in [0.5, 0.6) is 5.75 Å². The SMILES string of the molecule is N#C/C(=C/c1ccc(OCC(=O)Nc2ccccc2F)c(Cl)c1)C(=O)Nc1cccc(Br)c1. The van der Waals surface area contributed by atoms with Crippen LogP contribution in [0.3, 0.4) is 0 Å². The minimum Gasteiger partial charge on any atom is -0.482 e. The van der Waals surface area contributed by atoms with Crippen LogP contribution >= 0.6 is 27.5 Å². The maximum atomic E-state index is 13.6. The van der Waals surface area contributed by atoms with Gasteiger partial charge in [-0.2, -0.15) is 5.26 Å². The summed E-state index contributed by atoms with van der Waals surface area (Å²) in [6, 6.07) is 19.2. The molecule has 9 heteroatoms. The van der Waals surface area contributed by atoms with Crippen molar-refractivity contribution in [3.05, 3.63) is 93.2 Å². The summed E-state index contributed by atoms with van der Waals surface area (Å²) in [5, 5.41) is 14.6. The van der Waals surface area contributed by atoms with E-state index in [2.05, 4.69) is 26.6 Å². The van der Waals surface area contributed by atoms with Crippen LogP contribution in [0.15, 0.2) is 76.8 Å². The third kappa shape index (κ3) is 6.91. The highest BCUT2D eigenvalue weighted by atomic mass is 79.9. The van der Waals surface area contributed by atoms with Crippen LogP contribution in [-0.2, 0) is 9.59 Å². The Morgan fingerprint density at radius 1 is 1.09 bits per heavy atom. The number of para-hydroxylation sites is 1. The molecule has 3 rings (SSSR count). The van der Waals surface area contributed by atoms with E-state index in [1.165, 1.54) is 36.4 Å². The molecule has 0 radical (unpaired) electrons. The molecule has 0 bridgehead atoms. The van der Waals surface area contributed by atoms with E-state index in [9.17, 15) is 19.2 Å². The van der Waals surface area contributed by atoms with Crippen molar-refractivity contribution >= 4 is 56.8 Å². The molecule has 0 saturated carbocycles. The average Bonchev–Trinajstić information content (AvgIpc) is 2.78. The molecule has 0 aliphatic carbocycles. The molecule has 2 N–H and O–H groups in total. The zero-order chi connectivity index (χ0) is 23.8. The second-order valence-electron chi connectivity index (χ2n) is 6.64. The number of rotatable bonds is 7. The molecular weight excluding hydrogens is 513 g/mol. The van der Waals surface area contributed by atoms with E-state index in [0.29, 0.717) is 11.3 Å². The first-order valence-electron chi connectivity index (χ1n) is 9.51. The molecule has 0 unspecified atom stereocenters. The lowest BCUT2D eigenvalue weighted by Gasteiger charge is -2.10. The van der Waals surface area contributed by atoms with Crippen LogP contribution < -0.4 is 15.4 Å². The van der Waals surface area contributed by atoms with Gasteiger partial charge in [-0.3, -0.25) is 9.59 Å². The van der Waals surface area contributed by atoms with Crippen LogP contribution in [-0.4, -0.2) is 18.4 Å². The topological polar surface area (TPSA) is 91.2 Å². The maximum absolute atomic E-state index is 13.6. The highest BCUT2D eigenvalue weighted by Crippen LogP contribution is 2.27. The number of benzene rings is 3. The number of nitrogens with zero attached hydrogens (tertiary/aromatic N) is 1. The summed E-state index contributed by atoms with van der Waals surface area (Å²) >= 11 is 9.53. The first-order chi connectivity index (χ1) is 15.9. The first-order valence-corrected chi connectivity index (χ1v) is 10.7. The number of anilines is 2. The molecule has 0 aromatic heterocycles. The highest BCUT2D eigenvalue weighted by Gasteiger charge is 2.12. The smallest absolute Gasteiger partial charge is 0.266 e. The minimum absolute atomic E-state index is 0.0443. The lowest BCUT2D eigenvalue weighted by atomic mass is 10.1. The maximum Gasteiger partial charge on any atom is 0.266 e. The number of nitriles is 1. The van der Waals surface area contributed by atoms with Gasteiger partial charge in [0.1, 0.15) is 23.2 Å². The van der Waals surface area contributed by atoms with Crippen molar-refractivity contribution in [3.8, 4) is 11.8 Å². The van der Waals surface area contributed by atoms with Gasteiger partial charge < -0.3 is 15.4 Å². The Kier molecular flexibility index (Phi) is 8.19. The molecular formula is C24H16BrClFN3O3. The van der Waals surface area contributed by atoms with Gasteiger partial charge in [0.15, 0.2) is 6.61 Å². The normalized spacial score (nSPS) is 10.8. The predicted octanol–water partition coefficient (Wildman–Crippen LogP) is 5.80. The van der Waals surface area contributed by atoms with E-state index in [-0.39, 0.29) is 28.6 Å². The van der Waals surface area contributed by atoms with Gasteiger partial charge in [0.25, 0.3) is 11.8 Å². The summed E-state index contributed by atoms with van der Waals surface area (Å²) < 4.78 is 19.8. The Hall–Kier alpha value is -3.67. The Labute approximate surface area is 202 Å². The van der Waals surface area contributed by atoms with Gasteiger partial charge in [-0.05, 0) is 54.1 Å². The van der Waals surface area contributed by atoms with Crippen LogP contribution in [0.1, 0.15) is 5.56 Å². The van der Waals surface area contributed by atoms with Crippen molar-refractivity contribution in [2.45, 2.75) is 0 Å². The summed E-state index contributed by atoms with van der Waals surface area (Å²) in [5.41, 5.74) is 0.946. The van der Waals surface area contributed by atoms with Gasteiger partial charge >= 0.3 is 0 Å². The van der Waals surface area contributed by atoms with E-state index in [1.807, 2.05) is 12.1 Å². The van der Waals surface area contributed by atoms with Crippen LogP contribution in [0, 0.1) is 17.1 Å². The molecule has 0 atom stereocenters. The Morgan fingerprint density at radius 3 is 2.58 bits per heavy atom. The van der Waals surface area contributed by atoms with Crippen molar-refractivity contribution in [1.29, 1.82) is 5.26 Å². The number of hydrogen-bond acceptors (Lipinski definition) is 4. The summed E-state index contributed by atoms with van der Waals surface area (Å²) in [6.45, 7) is -0.387. The Bertz CT molecular complexity index is 1270. The monoisotopic (exact) mass is 527 g/mol. The van der Waals surface area contributed by atoms with Crippen LogP contribution in [0.25, 0.3) is 6.08 Å². The van der Waals surface area contributed by atoms with Crippen molar-refractivity contribution in [2.75, 3.05) is 17.2 Å². The Balaban J connectivity index is 1.64. The second kappa shape index (κ2) is 11.3. The predicted molar refractivity (Wildman–Crippen MR) is 128 cm³/mol. The van der Waals surface area contributed by atoms with Gasteiger partial charge in [-0.1, -0.05) is 51.8 Å². The van der Waals surface area contributed by atoms with Crippen LogP contribution in [0.2, 0.25) is 5.02 Å². The summed E-state index contributed by atoms with van der Waals surface area (Å²) in [5.74, 6) is -1.47. The van der Waals surface area contributed by atoms with Gasteiger partial charge in [-0.25, -0.2) is 4.39 Å². The number of nitrogens with one attached hydrogen (secondary N) is 2. The van der Waals surface area contributed by atoms with E-state index in [1.54, 1.807) is 30.3 Å². The van der Waals surface area contributed by atoms with Gasteiger partial charge in [0.05, 0.1) is 10.7 Å². The first kappa shape index (κ1) is 24.0. The number of amides is 2. The number of ether oxygens (including phenoxy) is 1. The lowest BCUT2D eigenvalue weighted by molar-refractivity contribution is -0.118. The van der Waals surface area contributed by atoms with Crippen molar-refractivity contribution in [2.24, 2.45) is 0 Å². The summed E-state index contributed by atoms with van der Waals surface area (Å²) in [7, 11) is 0. The van der Waals surface area contributed by atoms with Crippen molar-refractivity contribution < 1.29 is 18.7 Å². The molecule has 3 aromatic carbocycles. The van der Waals surface area contributed by atoms with E-state index in [4.69, 9.17) is 16.3 Å². The van der Waals surface area contributed by atoms with Gasteiger partial charge in [0, 0.05) is 10.2 Å². The number of hydrogen-bond donors (Lipinski definition) is 2. The summed E-state index contributed by atoms with van der Waals surface area (Å²) in [6.07, 6.45) is 1.38. The summed E-state index contributed by atoms with van der Waals surface area (Å²) in [4.78, 5) is 24.4. The highest BCUT2D eigenvalue weighted by molar-refractivity contribution is 9.10. The Morgan fingerprint density at radius 2 is 1.88 bits per heavy atom. The number of halogens is 3. The fourth-order valence-corrected chi connectivity index (χ4v) is 3.34. The van der Waals surface area contributed by atoms with E-state index < -0.39 is 17.6 Å². The molecule has 6 nitrogen and oxygen atoms in total. The fraction of sp³-hybridized carbons (Fsp3) is 0.0417. The molecule has 33 heavy (non-hydrogen) atoms. The third-order valence-electron chi connectivity index (χ3n) is 4.22. The van der Waals surface area contributed by atoms with Crippen LogP contribution in [0.4, 0.5) is 15.8 Å². The largest absolute Gasteiger partial charge is 0.482 e. The standard InChI is InChI=1S/C24H16BrClFN3O3/c25-17-4-3-5-18(12-17)29-24(32)16(13-28)10-15-8-9-22(19(26)11-15)33-14-23(31)30-21-7-2-1-6-20(21)27/h1-12H,14H2,(H,29,32)(H,30,31)/b16-10-. The zero-order valence-corrected chi connectivity index (χ0v) is 19.3. The molecule has 166 valence electrons.